The van der Waals surface area contributed by atoms with Crippen LogP contribution >= 0.6 is 0 Å². The maximum atomic E-state index is 13.4. The fraction of sp³-hybridized carbons (Fsp3) is 0.160. The molecule has 5 rings (SSSR count). The zero-order valence-electron chi connectivity index (χ0n) is 18.4. The second-order valence-corrected chi connectivity index (χ2v) is 7.89. The smallest absolute Gasteiger partial charge is 0.417 e. The summed E-state index contributed by atoms with van der Waals surface area (Å²) in [5.41, 5.74) is 3.04. The average Bonchev–Trinajstić information content (AvgIpc) is 3.43. The van der Waals surface area contributed by atoms with Crippen LogP contribution in [0, 0.1) is 6.92 Å². The Balaban J connectivity index is 1.45. The molecule has 3 heterocycles. The van der Waals surface area contributed by atoms with Gasteiger partial charge in [0.25, 0.3) is 0 Å². The van der Waals surface area contributed by atoms with Crippen molar-refractivity contribution < 1.29 is 17.9 Å². The molecule has 0 saturated carbocycles. The maximum absolute atomic E-state index is 13.4. The quantitative estimate of drug-likeness (QED) is 0.345. The van der Waals surface area contributed by atoms with Gasteiger partial charge in [-0.15, -0.1) is 0 Å². The van der Waals surface area contributed by atoms with E-state index in [1.807, 2.05) is 35.9 Å². The Morgan fingerprint density at radius 3 is 2.59 bits per heavy atom. The molecule has 0 aliphatic carbocycles. The van der Waals surface area contributed by atoms with Gasteiger partial charge >= 0.3 is 6.18 Å². The Labute approximate surface area is 193 Å². The molecule has 0 aliphatic heterocycles. The van der Waals surface area contributed by atoms with Gasteiger partial charge in [0.15, 0.2) is 11.5 Å². The Morgan fingerprint density at radius 1 is 1.03 bits per heavy atom. The van der Waals surface area contributed by atoms with Gasteiger partial charge in [-0.1, -0.05) is 24.3 Å². The van der Waals surface area contributed by atoms with Crippen LogP contribution in [-0.4, -0.2) is 31.3 Å². The van der Waals surface area contributed by atoms with Crippen molar-refractivity contribution in [3.05, 3.63) is 96.0 Å². The number of aromatic nitrogens is 5. The summed E-state index contributed by atoms with van der Waals surface area (Å²) >= 11 is 0. The molecule has 172 valence electrons. The predicted octanol–water partition coefficient (Wildman–Crippen LogP) is 5.51. The van der Waals surface area contributed by atoms with Crippen LogP contribution in [0.25, 0.3) is 22.5 Å². The number of hydrogen-bond acceptors (Lipinski definition) is 4. The molecule has 0 N–H and O–H groups in total. The van der Waals surface area contributed by atoms with Gasteiger partial charge in [-0.2, -0.15) is 18.3 Å². The average molecular weight is 463 g/mol. The molecule has 0 unspecified atom stereocenters. The van der Waals surface area contributed by atoms with Gasteiger partial charge in [0.1, 0.15) is 5.75 Å². The van der Waals surface area contributed by atoms with E-state index < -0.39 is 11.7 Å². The molecule has 0 bridgehead atoms. The van der Waals surface area contributed by atoms with Crippen molar-refractivity contribution in [3.8, 4) is 22.6 Å². The lowest BCUT2D eigenvalue weighted by Gasteiger charge is -2.12. The molecule has 0 amide bonds. The van der Waals surface area contributed by atoms with Gasteiger partial charge in [-0.25, -0.2) is 14.5 Å². The van der Waals surface area contributed by atoms with E-state index in [0.29, 0.717) is 29.2 Å². The molecule has 9 heteroatoms. The summed E-state index contributed by atoms with van der Waals surface area (Å²) in [6.45, 7) is 1.92. The fourth-order valence-corrected chi connectivity index (χ4v) is 3.93. The summed E-state index contributed by atoms with van der Waals surface area (Å²) in [5, 5.41) is 4.48. The number of alkyl halides is 3. The molecule has 6 nitrogen and oxygen atoms in total. The highest BCUT2D eigenvalue weighted by atomic mass is 19.4. The highest BCUT2D eigenvalue weighted by Crippen LogP contribution is 2.37. The van der Waals surface area contributed by atoms with Crippen molar-refractivity contribution in [1.29, 1.82) is 0 Å². The van der Waals surface area contributed by atoms with Gasteiger partial charge in [-0.05, 0) is 53.9 Å². The monoisotopic (exact) mass is 463 g/mol. The summed E-state index contributed by atoms with van der Waals surface area (Å²) in [6, 6.07) is 14.6. The molecule has 0 atom stereocenters. The lowest BCUT2D eigenvalue weighted by Crippen LogP contribution is -2.06. The molecule has 0 spiro atoms. The third-order valence-electron chi connectivity index (χ3n) is 5.52. The number of ether oxygens (including phenoxy) is 1. The van der Waals surface area contributed by atoms with Crippen LogP contribution in [0.4, 0.5) is 13.2 Å². The first kappa shape index (κ1) is 21.7. The van der Waals surface area contributed by atoms with Crippen molar-refractivity contribution >= 4 is 5.65 Å². The molecule has 34 heavy (non-hydrogen) atoms. The van der Waals surface area contributed by atoms with Crippen LogP contribution < -0.4 is 4.74 Å². The van der Waals surface area contributed by atoms with Crippen LogP contribution in [0.2, 0.25) is 0 Å². The number of benzene rings is 2. The summed E-state index contributed by atoms with van der Waals surface area (Å²) in [4.78, 5) is 8.79. The normalized spacial score (nSPS) is 11.8. The molecule has 0 fully saturated rings. The van der Waals surface area contributed by atoms with E-state index in [9.17, 15) is 13.2 Å². The second kappa shape index (κ2) is 8.33. The summed E-state index contributed by atoms with van der Waals surface area (Å²) in [5.74, 6) is 1.24. The van der Waals surface area contributed by atoms with Crippen LogP contribution in [0.15, 0.2) is 73.3 Å². The maximum Gasteiger partial charge on any atom is 0.417 e. The van der Waals surface area contributed by atoms with E-state index in [-0.39, 0.29) is 5.56 Å². The zero-order chi connectivity index (χ0) is 23.9. The Morgan fingerprint density at radius 2 is 1.85 bits per heavy atom. The molecule has 5 aromatic rings. The molecule has 0 saturated heterocycles. The number of methoxy groups -OCH3 is 1. The highest BCUT2D eigenvalue weighted by molar-refractivity contribution is 5.71. The number of aryl methyl sites for hydroxylation is 1. The summed E-state index contributed by atoms with van der Waals surface area (Å²) < 4.78 is 49.4. The summed E-state index contributed by atoms with van der Waals surface area (Å²) in [6.07, 6.45) is 1.26. The van der Waals surface area contributed by atoms with E-state index in [1.165, 1.54) is 12.1 Å². The zero-order valence-corrected chi connectivity index (χ0v) is 18.4. The van der Waals surface area contributed by atoms with Gasteiger partial charge in [0, 0.05) is 18.8 Å². The van der Waals surface area contributed by atoms with Crippen molar-refractivity contribution in [2.45, 2.75) is 19.5 Å². The fourth-order valence-electron chi connectivity index (χ4n) is 3.93. The summed E-state index contributed by atoms with van der Waals surface area (Å²) in [7, 11) is 1.61. The minimum absolute atomic E-state index is 0.108. The first-order valence-corrected chi connectivity index (χ1v) is 10.5. The van der Waals surface area contributed by atoms with Crippen LogP contribution in [0.3, 0.4) is 0 Å². The van der Waals surface area contributed by atoms with Crippen molar-refractivity contribution in [2.24, 2.45) is 0 Å². The number of imidazole rings is 1. The molecular formula is C25H20F3N5O. The largest absolute Gasteiger partial charge is 0.495 e. The number of rotatable bonds is 5. The molecular weight excluding hydrogens is 443 g/mol. The van der Waals surface area contributed by atoms with Crippen LogP contribution in [0.5, 0.6) is 5.75 Å². The topological polar surface area (TPSA) is 57.2 Å². The molecule has 0 aliphatic rings. The van der Waals surface area contributed by atoms with E-state index in [1.54, 1.807) is 42.3 Å². The predicted molar refractivity (Wildman–Crippen MR) is 121 cm³/mol. The van der Waals surface area contributed by atoms with Gasteiger partial charge in [-0.3, -0.25) is 0 Å². The third-order valence-corrected chi connectivity index (χ3v) is 5.52. The number of hydrogen-bond donors (Lipinski definition) is 0. The van der Waals surface area contributed by atoms with Crippen molar-refractivity contribution in [1.82, 2.24) is 24.1 Å². The molecule has 0 radical (unpaired) electrons. The van der Waals surface area contributed by atoms with E-state index >= 15 is 0 Å². The minimum atomic E-state index is -4.44. The Bertz CT molecular complexity index is 1490. The van der Waals surface area contributed by atoms with Crippen LogP contribution in [0.1, 0.15) is 22.6 Å². The number of pyridine rings is 1. The first-order valence-electron chi connectivity index (χ1n) is 10.5. The highest BCUT2D eigenvalue weighted by Gasteiger charge is 2.33. The van der Waals surface area contributed by atoms with Gasteiger partial charge in [0.2, 0.25) is 0 Å². The number of halogens is 3. The van der Waals surface area contributed by atoms with E-state index in [2.05, 4.69) is 15.1 Å². The number of fused-ring (bicyclic) bond motifs is 1. The van der Waals surface area contributed by atoms with Crippen molar-refractivity contribution in [3.63, 3.8) is 0 Å². The minimum Gasteiger partial charge on any atom is -0.495 e. The van der Waals surface area contributed by atoms with E-state index in [0.717, 1.165) is 23.0 Å². The van der Waals surface area contributed by atoms with E-state index in [4.69, 9.17) is 4.74 Å². The Kier molecular flexibility index (Phi) is 5.31. The Hall–Kier alpha value is -4.14. The lowest BCUT2D eigenvalue weighted by molar-refractivity contribution is -0.137. The number of nitrogens with zero attached hydrogens (tertiary/aromatic N) is 5. The third kappa shape index (κ3) is 4.12. The first-order chi connectivity index (χ1) is 16.3. The van der Waals surface area contributed by atoms with Gasteiger partial charge in [0.05, 0.1) is 30.4 Å². The SMILES string of the molecule is COc1cc(Cc2nc3cc(-c4ccccc4C(F)(F)F)ccn3n2)ccc1-n1cnc(C)c1. The molecule has 2 aromatic carbocycles. The van der Waals surface area contributed by atoms with Crippen molar-refractivity contribution in [2.75, 3.05) is 7.11 Å². The lowest BCUT2D eigenvalue weighted by atomic mass is 10.0. The second-order valence-electron chi connectivity index (χ2n) is 7.89. The van der Waals surface area contributed by atoms with Gasteiger partial charge < -0.3 is 9.30 Å². The molecule has 3 aromatic heterocycles. The standard InChI is InChI=1S/C25H20F3N5O/c1-16-14-32(15-29-16)21-8-7-17(11-22(21)34-2)12-23-30-24-13-18(9-10-33(24)31-23)19-5-3-4-6-20(19)25(26,27)28/h3-11,13-15H,12H2,1-2H3. The van der Waals surface area contributed by atoms with Crippen LogP contribution in [-0.2, 0) is 12.6 Å².